The first-order chi connectivity index (χ1) is 34.7. The van der Waals surface area contributed by atoms with Gasteiger partial charge in [-0.3, -0.25) is 0 Å². The van der Waals surface area contributed by atoms with Gasteiger partial charge in [-0.25, -0.2) is 0 Å². The average Bonchev–Trinajstić information content (AvgIpc) is 3.33. The number of fused-ring (bicyclic) bond motifs is 4. The van der Waals surface area contributed by atoms with Crippen LogP contribution >= 0.6 is 0 Å². The first-order valence-electron chi connectivity index (χ1n) is 26.0. The number of rotatable bonds is 8. The minimum Gasteiger partial charge on any atom is -0.0628 e. The van der Waals surface area contributed by atoms with E-state index in [0.717, 1.165) is 0 Å². The summed E-state index contributed by atoms with van der Waals surface area (Å²) >= 11 is 0. The molecule has 0 saturated heterocycles. The van der Waals surface area contributed by atoms with Crippen LogP contribution in [0.1, 0.15) is 66.8 Å². The van der Waals surface area contributed by atoms with Gasteiger partial charge in [-0.05, 0) is 148 Å². The fourth-order valence-corrected chi connectivity index (χ4v) is 13.8. The Kier molecular flexibility index (Phi) is 11.9. The molecule has 350 valence electrons. The molecule has 0 fully saturated rings. The van der Waals surface area contributed by atoms with Crippen molar-refractivity contribution in [2.45, 2.75) is 83.1 Å². The van der Waals surface area contributed by atoms with E-state index in [9.17, 15) is 0 Å². The standard InChI is InChI=1S/C70H64B2/c1-41-33-45(5)65(46(6)34-41)71(66-47(7)35-42(2)36-48(66)8)69-59-25-17-13-21-55(59)63(56-22-14-18-26-60(56)69)53-29-31-54(32-30-53)64-57-23-15-19-27-61(57)70(62-28-20-16-24-58(62)64)72(67-49(9)37-43(3)38-50(67)10)68-51(11)39-44(4)40-52(68)12/h13-40H,1-12H3. The van der Waals surface area contributed by atoms with E-state index in [1.807, 2.05) is 0 Å². The molecule has 0 N–H and O–H groups in total. The third kappa shape index (κ3) is 7.79. The van der Waals surface area contributed by atoms with Crippen LogP contribution in [0.3, 0.4) is 0 Å². The smallest absolute Gasteiger partial charge is 0.0628 e. The molecule has 0 unspecified atom stereocenters. The van der Waals surface area contributed by atoms with E-state index in [4.69, 9.17) is 0 Å². The second-order valence-corrected chi connectivity index (χ2v) is 21.5. The fourth-order valence-electron chi connectivity index (χ4n) is 13.8. The predicted molar refractivity (Wildman–Crippen MR) is 319 cm³/mol. The largest absolute Gasteiger partial charge is 0.244 e. The van der Waals surface area contributed by atoms with E-state index in [0.29, 0.717) is 0 Å². The molecule has 11 aromatic carbocycles. The van der Waals surface area contributed by atoms with Crippen LogP contribution in [-0.4, -0.2) is 13.4 Å². The molecule has 0 nitrogen and oxygen atoms in total. The summed E-state index contributed by atoms with van der Waals surface area (Å²) < 4.78 is 0. The van der Waals surface area contributed by atoms with Gasteiger partial charge in [0, 0.05) is 0 Å². The molecule has 0 atom stereocenters. The minimum absolute atomic E-state index is 0.0410. The summed E-state index contributed by atoms with van der Waals surface area (Å²) in [7, 11) is 0. The molecule has 72 heavy (non-hydrogen) atoms. The highest BCUT2D eigenvalue weighted by atomic mass is 14.2. The zero-order valence-corrected chi connectivity index (χ0v) is 44.3. The van der Waals surface area contributed by atoms with Crippen molar-refractivity contribution in [2.24, 2.45) is 0 Å². The molecular formula is C70H64B2. The zero-order valence-electron chi connectivity index (χ0n) is 44.3. The zero-order chi connectivity index (χ0) is 50.3. The van der Waals surface area contributed by atoms with Crippen LogP contribution < -0.4 is 32.8 Å². The molecule has 0 amide bonds. The lowest BCUT2D eigenvalue weighted by atomic mass is 9.33. The first-order valence-corrected chi connectivity index (χ1v) is 26.0. The highest BCUT2D eigenvalue weighted by Crippen LogP contribution is 2.40. The van der Waals surface area contributed by atoms with Gasteiger partial charge in [0.2, 0.25) is 13.4 Å². The van der Waals surface area contributed by atoms with Crippen molar-refractivity contribution in [3.05, 3.63) is 237 Å². The van der Waals surface area contributed by atoms with Gasteiger partial charge in [0.15, 0.2) is 0 Å². The molecule has 0 spiro atoms. The van der Waals surface area contributed by atoms with Crippen molar-refractivity contribution in [3.8, 4) is 22.3 Å². The number of aryl methyl sites for hydroxylation is 12. The molecule has 0 aromatic heterocycles. The van der Waals surface area contributed by atoms with E-state index in [2.05, 4.69) is 253 Å². The first kappa shape index (κ1) is 46.9. The van der Waals surface area contributed by atoms with Crippen molar-refractivity contribution >= 4 is 89.3 Å². The quantitative estimate of drug-likeness (QED) is 0.105. The Bertz CT molecular complexity index is 3420. The van der Waals surface area contributed by atoms with Gasteiger partial charge in [-0.15, -0.1) is 0 Å². The van der Waals surface area contributed by atoms with Crippen LogP contribution in [0.5, 0.6) is 0 Å². The molecule has 0 radical (unpaired) electrons. The van der Waals surface area contributed by atoms with Gasteiger partial charge in [-0.2, -0.15) is 0 Å². The van der Waals surface area contributed by atoms with Gasteiger partial charge < -0.3 is 0 Å². The maximum atomic E-state index is 2.39. The Morgan fingerprint density at radius 1 is 0.208 bits per heavy atom. The Hall–Kier alpha value is -7.41. The molecule has 0 saturated carbocycles. The molecule has 0 heterocycles. The molecule has 0 aliphatic heterocycles. The van der Waals surface area contributed by atoms with Crippen LogP contribution in [0.25, 0.3) is 65.3 Å². The van der Waals surface area contributed by atoms with Crippen LogP contribution in [0.2, 0.25) is 0 Å². The molecule has 11 rings (SSSR count). The molecule has 0 aliphatic rings. The second kappa shape index (κ2) is 18.3. The van der Waals surface area contributed by atoms with Gasteiger partial charge in [0.1, 0.15) is 0 Å². The van der Waals surface area contributed by atoms with Crippen molar-refractivity contribution in [1.29, 1.82) is 0 Å². The Morgan fingerprint density at radius 3 is 0.583 bits per heavy atom. The molecule has 0 aliphatic carbocycles. The number of hydrogen-bond acceptors (Lipinski definition) is 0. The van der Waals surface area contributed by atoms with E-state index in [1.165, 1.54) is 165 Å². The van der Waals surface area contributed by atoms with Crippen LogP contribution in [0.15, 0.2) is 170 Å². The summed E-state index contributed by atoms with van der Waals surface area (Å²) in [5.41, 5.74) is 29.4. The van der Waals surface area contributed by atoms with Gasteiger partial charge in [-0.1, -0.05) is 269 Å². The predicted octanol–water partition coefficient (Wildman–Crippen LogP) is 14.4. The summed E-state index contributed by atoms with van der Waals surface area (Å²) in [6.45, 7) is 27.5. The van der Waals surface area contributed by atoms with Gasteiger partial charge in [0.05, 0.1) is 0 Å². The second-order valence-electron chi connectivity index (χ2n) is 21.5. The Labute approximate surface area is 429 Å². The summed E-state index contributed by atoms with van der Waals surface area (Å²) in [4.78, 5) is 0. The van der Waals surface area contributed by atoms with Crippen LogP contribution in [0.4, 0.5) is 0 Å². The van der Waals surface area contributed by atoms with Crippen molar-refractivity contribution in [2.75, 3.05) is 0 Å². The summed E-state index contributed by atoms with van der Waals surface area (Å²) in [5, 5.41) is 10.3. The van der Waals surface area contributed by atoms with E-state index >= 15 is 0 Å². The number of benzene rings is 11. The lowest BCUT2D eigenvalue weighted by Crippen LogP contribution is -2.56. The SMILES string of the molecule is Cc1cc(C)c(B(c2c(C)cc(C)cc2C)c2c3ccccc3c(-c3ccc(-c4c5ccccc5c(B(c5c(C)cc(C)cc5C)c5c(C)cc(C)cc5C)c5ccccc45)cc3)c3ccccc23)c(C)c1. The highest BCUT2D eigenvalue weighted by molar-refractivity contribution is 7.00. The summed E-state index contributed by atoms with van der Waals surface area (Å²) in [6, 6.07) is 65.4. The monoisotopic (exact) mass is 927 g/mol. The summed E-state index contributed by atoms with van der Waals surface area (Å²) in [6.07, 6.45) is 0. The Balaban J connectivity index is 1.15. The topological polar surface area (TPSA) is 0 Å². The van der Waals surface area contributed by atoms with Gasteiger partial charge >= 0.3 is 0 Å². The van der Waals surface area contributed by atoms with Crippen LogP contribution in [0, 0.1) is 83.1 Å². The maximum absolute atomic E-state index is 2.39. The molecular weight excluding hydrogens is 862 g/mol. The number of hydrogen-bond donors (Lipinski definition) is 0. The van der Waals surface area contributed by atoms with Gasteiger partial charge in [0.25, 0.3) is 0 Å². The Morgan fingerprint density at radius 2 is 0.389 bits per heavy atom. The third-order valence-electron chi connectivity index (χ3n) is 16.1. The minimum atomic E-state index is 0.0410. The molecule has 2 heteroatoms. The molecule has 11 aromatic rings. The van der Waals surface area contributed by atoms with Crippen molar-refractivity contribution in [1.82, 2.24) is 0 Å². The maximum Gasteiger partial charge on any atom is 0.244 e. The summed E-state index contributed by atoms with van der Waals surface area (Å²) in [5.74, 6) is 0. The highest BCUT2D eigenvalue weighted by Gasteiger charge is 2.34. The average molecular weight is 927 g/mol. The van der Waals surface area contributed by atoms with Crippen molar-refractivity contribution in [3.63, 3.8) is 0 Å². The van der Waals surface area contributed by atoms with E-state index in [1.54, 1.807) is 0 Å². The van der Waals surface area contributed by atoms with E-state index in [-0.39, 0.29) is 13.4 Å². The lowest BCUT2D eigenvalue weighted by Gasteiger charge is -2.28. The van der Waals surface area contributed by atoms with Crippen LogP contribution in [-0.2, 0) is 0 Å². The van der Waals surface area contributed by atoms with E-state index < -0.39 is 0 Å². The normalized spacial score (nSPS) is 11.6. The fraction of sp³-hybridized carbons (Fsp3) is 0.171. The third-order valence-corrected chi connectivity index (χ3v) is 16.1. The van der Waals surface area contributed by atoms with Crippen molar-refractivity contribution < 1.29 is 0 Å². The lowest BCUT2D eigenvalue weighted by molar-refractivity contribution is 1.34. The molecule has 0 bridgehead atoms.